The molecule has 1 atom stereocenters. The molecule has 0 fully saturated rings. The number of nitrogens with zero attached hydrogens (tertiary/aromatic N) is 3. The fraction of sp³-hybridized carbons (Fsp3) is 0.381. The van der Waals surface area contributed by atoms with Crippen LogP contribution in [0.4, 0.5) is 4.39 Å². The van der Waals surface area contributed by atoms with Crippen molar-refractivity contribution < 1.29 is 4.39 Å². The molecule has 130 valence electrons. The number of likely N-dealkylation sites (N-methyl/N-ethyl adjacent to an activating group) is 1. The van der Waals surface area contributed by atoms with Crippen molar-refractivity contribution in [3.05, 3.63) is 64.9 Å². The molecule has 0 radical (unpaired) electrons. The predicted octanol–water partition coefficient (Wildman–Crippen LogP) is 4.10. The largest absolute Gasteiger partial charge is 0.341 e. The highest BCUT2D eigenvalue weighted by Crippen LogP contribution is 2.35. The minimum Gasteiger partial charge on any atom is -0.341 e. The van der Waals surface area contributed by atoms with Crippen LogP contribution in [0.1, 0.15) is 29.3 Å². The van der Waals surface area contributed by atoms with Crippen LogP contribution >= 0.6 is 0 Å². The Balaban J connectivity index is 1.85. The van der Waals surface area contributed by atoms with Crippen molar-refractivity contribution in [2.45, 2.75) is 45.8 Å². The molecule has 25 heavy (non-hydrogen) atoms. The topological polar surface area (TPSA) is 21.1 Å². The van der Waals surface area contributed by atoms with Crippen molar-refractivity contribution in [2.75, 3.05) is 7.05 Å². The van der Waals surface area contributed by atoms with Gasteiger partial charge in [0.2, 0.25) is 0 Å². The van der Waals surface area contributed by atoms with Gasteiger partial charge in [-0.05, 0) is 56.1 Å². The van der Waals surface area contributed by atoms with Gasteiger partial charge in [-0.15, -0.1) is 0 Å². The van der Waals surface area contributed by atoms with Crippen LogP contribution in [-0.2, 0) is 25.9 Å². The van der Waals surface area contributed by atoms with Crippen LogP contribution in [0.2, 0.25) is 0 Å². The van der Waals surface area contributed by atoms with E-state index in [1.807, 2.05) is 18.3 Å². The lowest BCUT2D eigenvalue weighted by Crippen LogP contribution is -2.35. The van der Waals surface area contributed by atoms with E-state index < -0.39 is 0 Å². The maximum atomic E-state index is 14.8. The second-order valence-corrected chi connectivity index (χ2v) is 7.24. The number of halogens is 1. The van der Waals surface area contributed by atoms with E-state index in [4.69, 9.17) is 0 Å². The summed E-state index contributed by atoms with van der Waals surface area (Å²) < 4.78 is 17.0. The number of hydrogen-bond donors (Lipinski definition) is 0. The maximum Gasteiger partial charge on any atom is 0.147 e. The van der Waals surface area contributed by atoms with Crippen LogP contribution in [0.15, 0.2) is 36.7 Å². The number of benzene rings is 1. The standard InChI is InChI=1S/C21H24FN3/c1-14-6-7-18(22)21-20(14)17-13-24(3)15(2)11-19(17)25(21)10-8-16-5-4-9-23-12-16/h4-7,9,12,15H,8,10-11,13H2,1-3H3. The molecule has 1 unspecified atom stereocenters. The van der Waals surface area contributed by atoms with E-state index in [0.717, 1.165) is 42.4 Å². The van der Waals surface area contributed by atoms with E-state index in [0.29, 0.717) is 6.04 Å². The number of pyridine rings is 1. The lowest BCUT2D eigenvalue weighted by molar-refractivity contribution is 0.228. The van der Waals surface area contributed by atoms with Crippen LogP contribution in [-0.4, -0.2) is 27.5 Å². The molecule has 3 heterocycles. The fourth-order valence-corrected chi connectivity index (χ4v) is 4.03. The van der Waals surface area contributed by atoms with Gasteiger partial charge in [-0.25, -0.2) is 4.39 Å². The normalized spacial score (nSPS) is 17.8. The average Bonchev–Trinajstić information content (AvgIpc) is 2.92. The van der Waals surface area contributed by atoms with Crippen molar-refractivity contribution in [2.24, 2.45) is 0 Å². The molecule has 1 aromatic carbocycles. The third-order valence-electron chi connectivity index (χ3n) is 5.58. The molecule has 3 nitrogen and oxygen atoms in total. The summed E-state index contributed by atoms with van der Waals surface area (Å²) in [6.07, 6.45) is 5.52. The highest BCUT2D eigenvalue weighted by Gasteiger charge is 2.28. The number of rotatable bonds is 3. The molecule has 4 rings (SSSR count). The highest BCUT2D eigenvalue weighted by atomic mass is 19.1. The van der Waals surface area contributed by atoms with Crippen LogP contribution < -0.4 is 0 Å². The number of aromatic nitrogens is 2. The van der Waals surface area contributed by atoms with E-state index in [-0.39, 0.29) is 5.82 Å². The molecule has 0 aliphatic carbocycles. The van der Waals surface area contributed by atoms with E-state index in [2.05, 4.69) is 41.4 Å². The quantitative estimate of drug-likeness (QED) is 0.717. The molecule has 0 amide bonds. The summed E-state index contributed by atoms with van der Waals surface area (Å²) >= 11 is 0. The van der Waals surface area contributed by atoms with Gasteiger partial charge in [0.15, 0.2) is 0 Å². The number of hydrogen-bond acceptors (Lipinski definition) is 2. The molecule has 0 saturated carbocycles. The molecular weight excluding hydrogens is 313 g/mol. The van der Waals surface area contributed by atoms with Gasteiger partial charge in [-0.2, -0.15) is 0 Å². The lowest BCUT2D eigenvalue weighted by Gasteiger charge is -2.31. The molecule has 0 bridgehead atoms. The van der Waals surface area contributed by atoms with Gasteiger partial charge in [0.1, 0.15) is 5.82 Å². The maximum absolute atomic E-state index is 14.8. The summed E-state index contributed by atoms with van der Waals surface area (Å²) in [5.41, 5.74) is 5.73. The van der Waals surface area contributed by atoms with Crippen molar-refractivity contribution in [3.8, 4) is 0 Å². The summed E-state index contributed by atoms with van der Waals surface area (Å²) in [6.45, 7) is 6.01. The highest BCUT2D eigenvalue weighted by molar-refractivity contribution is 5.89. The third-order valence-corrected chi connectivity index (χ3v) is 5.58. The second kappa shape index (κ2) is 6.26. The Bertz CT molecular complexity index is 914. The van der Waals surface area contributed by atoms with Crippen LogP contribution in [0.25, 0.3) is 10.9 Å². The minimum absolute atomic E-state index is 0.114. The van der Waals surface area contributed by atoms with E-state index in [1.165, 1.54) is 16.8 Å². The molecular formula is C21H24FN3. The van der Waals surface area contributed by atoms with Gasteiger partial charge in [-0.3, -0.25) is 9.88 Å². The SMILES string of the molecule is Cc1ccc(F)c2c1c1c(n2CCc2cccnc2)CC(C)N(C)C1. The lowest BCUT2D eigenvalue weighted by atomic mass is 9.98. The zero-order valence-electron chi connectivity index (χ0n) is 15.1. The van der Waals surface area contributed by atoms with Crippen LogP contribution in [0.3, 0.4) is 0 Å². The van der Waals surface area contributed by atoms with Gasteiger partial charge in [0.05, 0.1) is 5.52 Å². The molecule has 0 saturated heterocycles. The van der Waals surface area contributed by atoms with Gasteiger partial charge in [0, 0.05) is 49.0 Å². The Kier molecular flexibility index (Phi) is 4.08. The number of aryl methyl sites for hydroxylation is 3. The van der Waals surface area contributed by atoms with Crippen molar-refractivity contribution in [3.63, 3.8) is 0 Å². The summed E-state index contributed by atoms with van der Waals surface area (Å²) in [5, 5.41) is 1.11. The molecule has 2 aromatic heterocycles. The smallest absolute Gasteiger partial charge is 0.147 e. The monoisotopic (exact) mass is 337 g/mol. The van der Waals surface area contributed by atoms with Gasteiger partial charge >= 0.3 is 0 Å². The first-order valence-corrected chi connectivity index (χ1v) is 8.94. The van der Waals surface area contributed by atoms with E-state index >= 15 is 0 Å². The fourth-order valence-electron chi connectivity index (χ4n) is 4.03. The van der Waals surface area contributed by atoms with Crippen molar-refractivity contribution >= 4 is 10.9 Å². The first-order chi connectivity index (χ1) is 12.1. The second-order valence-electron chi connectivity index (χ2n) is 7.24. The Morgan fingerprint density at radius 3 is 2.88 bits per heavy atom. The molecule has 3 aromatic rings. The predicted molar refractivity (Wildman–Crippen MR) is 99.2 cm³/mol. The van der Waals surface area contributed by atoms with Crippen LogP contribution in [0.5, 0.6) is 0 Å². The van der Waals surface area contributed by atoms with Crippen molar-refractivity contribution in [1.29, 1.82) is 0 Å². The minimum atomic E-state index is -0.114. The van der Waals surface area contributed by atoms with Gasteiger partial charge in [-0.1, -0.05) is 12.1 Å². The van der Waals surface area contributed by atoms with Crippen molar-refractivity contribution in [1.82, 2.24) is 14.5 Å². The first kappa shape index (κ1) is 16.3. The molecule has 0 spiro atoms. The Hall–Kier alpha value is -2.20. The Labute approximate surface area is 148 Å². The molecule has 1 aliphatic rings. The summed E-state index contributed by atoms with van der Waals surface area (Å²) in [5.74, 6) is -0.114. The molecule has 0 N–H and O–H groups in total. The first-order valence-electron chi connectivity index (χ1n) is 8.94. The summed E-state index contributed by atoms with van der Waals surface area (Å²) in [4.78, 5) is 6.56. The van der Waals surface area contributed by atoms with E-state index in [9.17, 15) is 4.39 Å². The average molecular weight is 337 g/mol. The van der Waals surface area contributed by atoms with E-state index in [1.54, 1.807) is 12.3 Å². The zero-order valence-corrected chi connectivity index (χ0v) is 15.1. The third kappa shape index (κ3) is 2.74. The molecule has 4 heteroatoms. The number of fused-ring (bicyclic) bond motifs is 3. The van der Waals surface area contributed by atoms with Crippen LogP contribution in [0, 0.1) is 12.7 Å². The van der Waals surface area contributed by atoms with Gasteiger partial charge < -0.3 is 4.57 Å². The summed E-state index contributed by atoms with van der Waals surface area (Å²) in [6, 6.07) is 8.03. The molecule has 1 aliphatic heterocycles. The van der Waals surface area contributed by atoms with Gasteiger partial charge in [0.25, 0.3) is 0 Å². The Morgan fingerprint density at radius 1 is 1.28 bits per heavy atom. The summed E-state index contributed by atoms with van der Waals surface area (Å²) in [7, 11) is 2.15. The zero-order chi connectivity index (χ0) is 17.6. The Morgan fingerprint density at radius 2 is 2.12 bits per heavy atom.